The molecule has 136 valence electrons. The third-order valence-corrected chi connectivity index (χ3v) is 5.33. The van der Waals surface area contributed by atoms with Crippen molar-refractivity contribution >= 4 is 0 Å². The van der Waals surface area contributed by atoms with Crippen LogP contribution in [0, 0.1) is 25.2 Å². The van der Waals surface area contributed by atoms with Crippen LogP contribution in [0.1, 0.15) is 49.9 Å². The van der Waals surface area contributed by atoms with E-state index in [1.165, 1.54) is 11.1 Å². The summed E-state index contributed by atoms with van der Waals surface area (Å²) in [6.45, 7) is 14.0. The number of methoxy groups -OCH3 is 1. The molecule has 0 amide bonds. The molecule has 0 saturated carbocycles. The highest BCUT2D eigenvalue weighted by Gasteiger charge is 2.22. The second-order valence-corrected chi connectivity index (χ2v) is 8.01. The molecule has 0 heterocycles. The van der Waals surface area contributed by atoms with Gasteiger partial charge in [0.2, 0.25) is 0 Å². The summed E-state index contributed by atoms with van der Waals surface area (Å²) in [6, 6.07) is 12.8. The van der Waals surface area contributed by atoms with E-state index in [1.54, 1.807) is 7.11 Å². The van der Waals surface area contributed by atoms with E-state index >= 15 is 0 Å². The average molecular weight is 341 g/mol. The summed E-state index contributed by atoms with van der Waals surface area (Å²) in [6.07, 6.45) is 1.08. The zero-order valence-electron chi connectivity index (χ0n) is 16.8. The van der Waals surface area contributed by atoms with Crippen molar-refractivity contribution in [1.29, 1.82) is 0 Å². The Bertz CT molecular complexity index is 714. The fourth-order valence-corrected chi connectivity index (χ4v) is 2.83. The lowest BCUT2D eigenvalue weighted by Crippen LogP contribution is -2.22. The van der Waals surface area contributed by atoms with Crippen molar-refractivity contribution in [3.05, 3.63) is 58.7 Å². The van der Waals surface area contributed by atoms with Gasteiger partial charge in [-0.25, -0.2) is 0 Å². The molecule has 0 aliphatic rings. The van der Waals surface area contributed by atoms with Gasteiger partial charge in [-0.15, -0.1) is 0 Å². The van der Waals surface area contributed by atoms with E-state index in [1.807, 2.05) is 13.0 Å². The van der Waals surface area contributed by atoms with Crippen LogP contribution in [-0.2, 0) is 13.0 Å². The van der Waals surface area contributed by atoms with Crippen LogP contribution in [0.5, 0.6) is 11.5 Å². The third-order valence-electron chi connectivity index (χ3n) is 5.33. The number of hydrogen-bond donors (Lipinski definition) is 0. The van der Waals surface area contributed by atoms with Gasteiger partial charge < -0.3 is 9.47 Å². The first kappa shape index (κ1) is 19.4. The quantitative estimate of drug-likeness (QED) is 0.605. The lowest BCUT2D eigenvalue weighted by Gasteiger charge is -2.29. The summed E-state index contributed by atoms with van der Waals surface area (Å²) in [4.78, 5) is 0. The summed E-state index contributed by atoms with van der Waals surface area (Å²) in [7, 11) is 1.70. The molecule has 0 bridgehead atoms. The maximum atomic E-state index is 6.04. The second-order valence-electron chi connectivity index (χ2n) is 8.01. The summed E-state index contributed by atoms with van der Waals surface area (Å²) in [5, 5.41) is 0. The van der Waals surface area contributed by atoms with E-state index < -0.39 is 0 Å². The summed E-state index contributed by atoms with van der Waals surface area (Å²) in [5.41, 5.74) is 5.12. The largest absolute Gasteiger partial charge is 0.496 e. The molecule has 0 atom stereocenters. The van der Waals surface area contributed by atoms with Gasteiger partial charge in [-0.05, 0) is 66.0 Å². The molecular formula is C23H32O2. The van der Waals surface area contributed by atoms with Gasteiger partial charge in [0.25, 0.3) is 0 Å². The monoisotopic (exact) mass is 340 g/mol. The molecule has 2 aromatic rings. The topological polar surface area (TPSA) is 18.5 Å². The first-order chi connectivity index (χ1) is 11.7. The fourth-order valence-electron chi connectivity index (χ4n) is 2.83. The highest BCUT2D eigenvalue weighted by molar-refractivity contribution is 5.38. The standard InChI is InChI=1S/C23H32O2/c1-16(2)23(5,6)14-19-10-11-21(18(4)12-19)25-15-20-9-8-17(3)22(13-20)24-7/h8-13,16H,14-15H2,1-7H3. The average Bonchev–Trinajstić information content (AvgIpc) is 2.55. The summed E-state index contributed by atoms with van der Waals surface area (Å²) >= 11 is 0. The predicted molar refractivity (Wildman–Crippen MR) is 106 cm³/mol. The summed E-state index contributed by atoms with van der Waals surface area (Å²) < 4.78 is 11.4. The molecule has 0 saturated heterocycles. The molecule has 0 spiro atoms. The van der Waals surface area contributed by atoms with E-state index in [0.29, 0.717) is 17.9 Å². The normalized spacial score (nSPS) is 11.7. The first-order valence-electron chi connectivity index (χ1n) is 9.09. The van der Waals surface area contributed by atoms with Crippen LogP contribution < -0.4 is 9.47 Å². The molecule has 0 unspecified atom stereocenters. The molecule has 0 radical (unpaired) electrons. The highest BCUT2D eigenvalue weighted by atomic mass is 16.5. The van der Waals surface area contributed by atoms with Crippen LogP contribution in [0.4, 0.5) is 0 Å². The lowest BCUT2D eigenvalue weighted by molar-refractivity contribution is 0.248. The van der Waals surface area contributed by atoms with Gasteiger partial charge in [-0.1, -0.05) is 52.0 Å². The first-order valence-corrected chi connectivity index (χ1v) is 9.09. The molecule has 2 nitrogen and oxygen atoms in total. The summed E-state index contributed by atoms with van der Waals surface area (Å²) in [5.74, 6) is 2.51. The third kappa shape index (κ3) is 5.01. The van der Waals surface area contributed by atoms with E-state index in [2.05, 4.69) is 65.0 Å². The zero-order chi connectivity index (χ0) is 18.6. The van der Waals surface area contributed by atoms with Crippen LogP contribution in [0.25, 0.3) is 0 Å². The van der Waals surface area contributed by atoms with E-state index in [0.717, 1.165) is 29.0 Å². The molecule has 0 aliphatic carbocycles. The molecule has 0 N–H and O–H groups in total. The van der Waals surface area contributed by atoms with Gasteiger partial charge in [0.1, 0.15) is 18.1 Å². The minimum absolute atomic E-state index is 0.299. The zero-order valence-corrected chi connectivity index (χ0v) is 16.8. The maximum Gasteiger partial charge on any atom is 0.122 e. The van der Waals surface area contributed by atoms with Crippen LogP contribution in [0.2, 0.25) is 0 Å². The molecule has 0 aliphatic heterocycles. The Balaban J connectivity index is 2.06. The lowest BCUT2D eigenvalue weighted by atomic mass is 9.76. The predicted octanol–water partition coefficient (Wildman–Crippen LogP) is 6.12. The van der Waals surface area contributed by atoms with E-state index in [-0.39, 0.29) is 0 Å². The van der Waals surface area contributed by atoms with Crippen molar-refractivity contribution in [2.45, 2.75) is 54.6 Å². The van der Waals surface area contributed by atoms with E-state index in [4.69, 9.17) is 9.47 Å². The Hall–Kier alpha value is -1.96. The minimum atomic E-state index is 0.299. The Morgan fingerprint density at radius 3 is 2.16 bits per heavy atom. The Kier molecular flexibility index (Phi) is 6.16. The number of hydrogen-bond acceptors (Lipinski definition) is 2. The SMILES string of the molecule is COc1cc(COc2ccc(CC(C)(C)C(C)C)cc2C)ccc1C. The molecule has 2 aromatic carbocycles. The van der Waals surface area contributed by atoms with Crippen LogP contribution in [-0.4, -0.2) is 7.11 Å². The van der Waals surface area contributed by atoms with Crippen molar-refractivity contribution in [3.63, 3.8) is 0 Å². The molecular weight excluding hydrogens is 308 g/mol. The van der Waals surface area contributed by atoms with Gasteiger partial charge in [-0.2, -0.15) is 0 Å². The van der Waals surface area contributed by atoms with E-state index in [9.17, 15) is 0 Å². The second kappa shape index (κ2) is 7.95. The smallest absolute Gasteiger partial charge is 0.122 e. The van der Waals surface area contributed by atoms with Gasteiger partial charge in [-0.3, -0.25) is 0 Å². The van der Waals surface area contributed by atoms with Crippen molar-refractivity contribution in [3.8, 4) is 11.5 Å². The van der Waals surface area contributed by atoms with Crippen LogP contribution in [0.3, 0.4) is 0 Å². The number of benzene rings is 2. The molecule has 25 heavy (non-hydrogen) atoms. The van der Waals surface area contributed by atoms with Crippen molar-refractivity contribution < 1.29 is 9.47 Å². The number of rotatable bonds is 7. The minimum Gasteiger partial charge on any atom is -0.496 e. The Morgan fingerprint density at radius 2 is 1.56 bits per heavy atom. The highest BCUT2D eigenvalue weighted by Crippen LogP contribution is 2.32. The maximum absolute atomic E-state index is 6.04. The van der Waals surface area contributed by atoms with Crippen LogP contribution >= 0.6 is 0 Å². The van der Waals surface area contributed by atoms with Gasteiger partial charge in [0.05, 0.1) is 7.11 Å². The number of ether oxygens (including phenoxy) is 2. The molecule has 2 rings (SSSR count). The fraction of sp³-hybridized carbons (Fsp3) is 0.478. The van der Waals surface area contributed by atoms with Gasteiger partial charge >= 0.3 is 0 Å². The Morgan fingerprint density at radius 1 is 0.880 bits per heavy atom. The van der Waals surface area contributed by atoms with Gasteiger partial charge in [0, 0.05) is 0 Å². The molecule has 0 fully saturated rings. The number of aryl methyl sites for hydroxylation is 2. The van der Waals surface area contributed by atoms with Gasteiger partial charge in [0.15, 0.2) is 0 Å². The van der Waals surface area contributed by atoms with Crippen molar-refractivity contribution in [2.24, 2.45) is 11.3 Å². The Labute approximate surface area is 153 Å². The van der Waals surface area contributed by atoms with Crippen molar-refractivity contribution in [1.82, 2.24) is 0 Å². The molecule has 2 heteroatoms. The molecule has 0 aromatic heterocycles. The van der Waals surface area contributed by atoms with Crippen molar-refractivity contribution in [2.75, 3.05) is 7.11 Å². The van der Waals surface area contributed by atoms with Crippen LogP contribution in [0.15, 0.2) is 36.4 Å².